The highest BCUT2D eigenvalue weighted by Gasteiger charge is 2.12. The van der Waals surface area contributed by atoms with Crippen LogP contribution in [-0.2, 0) is 4.79 Å². The Hall–Kier alpha value is -0.220. The zero-order valence-electron chi connectivity index (χ0n) is 17.6. The Kier molecular flexibility index (Phi) is 15.5. The highest BCUT2D eigenvalue weighted by molar-refractivity contribution is 7.99. The van der Waals surface area contributed by atoms with E-state index in [1.54, 1.807) is 0 Å². The lowest BCUT2D eigenvalue weighted by molar-refractivity contribution is -0.121. The van der Waals surface area contributed by atoms with Crippen molar-refractivity contribution in [3.05, 3.63) is 0 Å². The van der Waals surface area contributed by atoms with E-state index in [4.69, 9.17) is 0 Å². The third kappa shape index (κ3) is 14.9. The van der Waals surface area contributed by atoms with Crippen LogP contribution >= 0.6 is 11.8 Å². The Labute approximate surface area is 167 Å². The van der Waals surface area contributed by atoms with Gasteiger partial charge in [0.2, 0.25) is 5.91 Å². The number of carbonyl (C=O) groups excluding carboxylic acids is 1. The summed E-state index contributed by atoms with van der Waals surface area (Å²) in [5.41, 5.74) is 0. The lowest BCUT2D eigenvalue weighted by Crippen LogP contribution is -2.26. The third-order valence-electron chi connectivity index (χ3n) is 5.31. The molecule has 0 aliphatic heterocycles. The summed E-state index contributed by atoms with van der Waals surface area (Å²) in [5, 5.41) is 4.01. The number of hydrogen-bond acceptors (Lipinski definition) is 3. The number of carbonyl (C=O) groups is 1. The molecular formula is C22H44N2OS. The molecule has 1 amide bonds. The second-order valence-electron chi connectivity index (χ2n) is 8.22. The number of nitrogens with zero attached hydrogens (tertiary/aromatic N) is 1. The smallest absolute Gasteiger partial charge is 0.219 e. The van der Waals surface area contributed by atoms with Crippen LogP contribution in [0.1, 0.15) is 96.3 Å². The van der Waals surface area contributed by atoms with E-state index in [9.17, 15) is 4.79 Å². The number of nitrogens with one attached hydrogen (secondary N) is 1. The summed E-state index contributed by atoms with van der Waals surface area (Å²) in [6.07, 6.45) is 19.6. The Morgan fingerprint density at radius 2 is 1.50 bits per heavy atom. The van der Waals surface area contributed by atoms with Crippen LogP contribution in [0.4, 0.5) is 0 Å². The van der Waals surface area contributed by atoms with E-state index in [0.717, 1.165) is 31.2 Å². The maximum Gasteiger partial charge on any atom is 0.219 e. The zero-order chi connectivity index (χ0) is 18.9. The van der Waals surface area contributed by atoms with Crippen LogP contribution < -0.4 is 5.32 Å². The molecule has 0 radical (unpaired) electrons. The molecule has 1 N–H and O–H groups in total. The quantitative estimate of drug-likeness (QED) is 0.350. The van der Waals surface area contributed by atoms with Gasteiger partial charge in [-0.2, -0.15) is 11.8 Å². The second kappa shape index (κ2) is 16.9. The van der Waals surface area contributed by atoms with E-state index in [1.807, 2.05) is 0 Å². The summed E-state index contributed by atoms with van der Waals surface area (Å²) >= 11 is 2.24. The van der Waals surface area contributed by atoms with Crippen molar-refractivity contribution in [2.24, 2.45) is 0 Å². The fourth-order valence-electron chi connectivity index (χ4n) is 3.64. The van der Waals surface area contributed by atoms with Crippen LogP contribution in [0.15, 0.2) is 0 Å². The van der Waals surface area contributed by atoms with Gasteiger partial charge in [-0.15, -0.1) is 0 Å². The lowest BCUT2D eigenvalue weighted by Gasteiger charge is -2.20. The molecule has 0 atom stereocenters. The van der Waals surface area contributed by atoms with Crippen molar-refractivity contribution in [2.75, 3.05) is 32.9 Å². The van der Waals surface area contributed by atoms with Gasteiger partial charge in [-0.3, -0.25) is 4.79 Å². The first-order chi connectivity index (χ1) is 12.7. The predicted molar refractivity (Wildman–Crippen MR) is 117 cm³/mol. The van der Waals surface area contributed by atoms with Crippen LogP contribution in [0.2, 0.25) is 0 Å². The molecule has 0 aromatic heterocycles. The molecule has 4 heteroatoms. The van der Waals surface area contributed by atoms with E-state index < -0.39 is 0 Å². The van der Waals surface area contributed by atoms with Crippen molar-refractivity contribution in [1.29, 1.82) is 0 Å². The number of thioether (sulfide) groups is 1. The Morgan fingerprint density at radius 3 is 2.15 bits per heavy atom. The molecule has 1 aliphatic rings. The van der Waals surface area contributed by atoms with Gasteiger partial charge in [0.15, 0.2) is 0 Å². The molecule has 0 unspecified atom stereocenters. The molecule has 0 heterocycles. The fraction of sp³-hybridized carbons (Fsp3) is 0.955. The first-order valence-corrected chi connectivity index (χ1v) is 12.3. The van der Waals surface area contributed by atoms with Gasteiger partial charge in [-0.05, 0) is 58.5 Å². The minimum absolute atomic E-state index is 0.235. The monoisotopic (exact) mass is 384 g/mol. The van der Waals surface area contributed by atoms with Crippen LogP contribution in [0, 0.1) is 0 Å². The van der Waals surface area contributed by atoms with Gasteiger partial charge in [-0.1, -0.05) is 57.8 Å². The first kappa shape index (κ1) is 23.8. The third-order valence-corrected chi connectivity index (χ3v) is 6.78. The van der Waals surface area contributed by atoms with Crippen LogP contribution in [0.25, 0.3) is 0 Å². The molecule has 0 aromatic carbocycles. The van der Waals surface area contributed by atoms with E-state index in [1.165, 1.54) is 82.8 Å². The molecule has 0 aromatic rings. The van der Waals surface area contributed by atoms with Crippen molar-refractivity contribution in [3.8, 4) is 0 Å². The van der Waals surface area contributed by atoms with Crippen LogP contribution in [0.5, 0.6) is 0 Å². The molecular weight excluding hydrogens is 340 g/mol. The van der Waals surface area contributed by atoms with E-state index in [2.05, 4.69) is 36.1 Å². The zero-order valence-corrected chi connectivity index (χ0v) is 18.4. The Morgan fingerprint density at radius 1 is 0.885 bits per heavy atom. The van der Waals surface area contributed by atoms with Gasteiger partial charge in [0.05, 0.1) is 0 Å². The summed E-state index contributed by atoms with van der Waals surface area (Å²) in [6.45, 7) is 1.86. The molecule has 26 heavy (non-hydrogen) atoms. The summed E-state index contributed by atoms with van der Waals surface area (Å²) < 4.78 is 0. The van der Waals surface area contributed by atoms with E-state index in [-0.39, 0.29) is 5.91 Å². The topological polar surface area (TPSA) is 32.3 Å². The van der Waals surface area contributed by atoms with Crippen LogP contribution in [-0.4, -0.2) is 49.0 Å². The SMILES string of the molecule is CN(C)CCCNC(=O)CCCCCCCCCCSC1CCCCC1. The second-order valence-corrected chi connectivity index (χ2v) is 9.62. The van der Waals surface area contributed by atoms with Gasteiger partial charge in [0.25, 0.3) is 0 Å². The van der Waals surface area contributed by atoms with Gasteiger partial charge < -0.3 is 10.2 Å². The lowest BCUT2D eigenvalue weighted by atomic mass is 10.0. The summed E-state index contributed by atoms with van der Waals surface area (Å²) in [4.78, 5) is 13.9. The number of rotatable bonds is 16. The van der Waals surface area contributed by atoms with Crippen LogP contribution in [0.3, 0.4) is 0 Å². The van der Waals surface area contributed by atoms with Gasteiger partial charge in [-0.25, -0.2) is 0 Å². The molecule has 0 bridgehead atoms. The normalized spacial score (nSPS) is 15.5. The number of amides is 1. The van der Waals surface area contributed by atoms with Crippen molar-refractivity contribution < 1.29 is 4.79 Å². The molecule has 0 spiro atoms. The Balaban J connectivity index is 1.74. The first-order valence-electron chi connectivity index (χ1n) is 11.2. The Bertz CT molecular complexity index is 330. The van der Waals surface area contributed by atoms with Crippen molar-refractivity contribution in [2.45, 2.75) is 102 Å². The summed E-state index contributed by atoms with van der Waals surface area (Å²) in [6, 6.07) is 0. The van der Waals surface area contributed by atoms with Crippen molar-refractivity contribution in [3.63, 3.8) is 0 Å². The fourth-order valence-corrected chi connectivity index (χ4v) is 5.01. The molecule has 0 saturated heterocycles. The van der Waals surface area contributed by atoms with Crippen molar-refractivity contribution in [1.82, 2.24) is 10.2 Å². The number of hydrogen-bond donors (Lipinski definition) is 1. The minimum atomic E-state index is 0.235. The van der Waals surface area contributed by atoms with E-state index in [0.29, 0.717) is 6.42 Å². The molecule has 1 rings (SSSR count). The molecule has 1 saturated carbocycles. The average Bonchev–Trinajstić information content (AvgIpc) is 2.64. The molecule has 1 aliphatic carbocycles. The molecule has 154 valence electrons. The van der Waals surface area contributed by atoms with Gasteiger partial charge in [0.1, 0.15) is 0 Å². The standard InChI is InChI=1S/C22H44N2OS/c1-24(2)19-14-18-23-22(25)17-12-7-5-3-4-6-8-13-20-26-21-15-10-9-11-16-21/h21H,3-20H2,1-2H3,(H,23,25). The maximum absolute atomic E-state index is 11.7. The number of unbranched alkanes of at least 4 members (excludes halogenated alkanes) is 7. The minimum Gasteiger partial charge on any atom is -0.356 e. The van der Waals surface area contributed by atoms with E-state index >= 15 is 0 Å². The van der Waals surface area contributed by atoms with Crippen molar-refractivity contribution >= 4 is 17.7 Å². The largest absolute Gasteiger partial charge is 0.356 e. The summed E-state index contributed by atoms with van der Waals surface area (Å²) in [5.74, 6) is 1.62. The average molecular weight is 385 g/mol. The van der Waals surface area contributed by atoms with Gasteiger partial charge >= 0.3 is 0 Å². The summed E-state index contributed by atoms with van der Waals surface area (Å²) in [7, 11) is 4.14. The highest BCUT2D eigenvalue weighted by atomic mass is 32.2. The maximum atomic E-state index is 11.7. The highest BCUT2D eigenvalue weighted by Crippen LogP contribution is 2.28. The molecule has 3 nitrogen and oxygen atoms in total. The van der Waals surface area contributed by atoms with Gasteiger partial charge in [0, 0.05) is 18.2 Å². The predicted octanol–water partition coefficient (Wildman–Crippen LogP) is 5.63. The molecule has 1 fully saturated rings.